The van der Waals surface area contributed by atoms with E-state index in [2.05, 4.69) is 9.88 Å². The molecule has 1 aromatic heterocycles. The fraction of sp³-hybridized carbons (Fsp3) is 0.474. The van der Waals surface area contributed by atoms with Crippen LogP contribution in [0.4, 0.5) is 0 Å². The van der Waals surface area contributed by atoms with E-state index in [-0.39, 0.29) is 24.7 Å². The number of aromatic nitrogens is 2. The highest BCUT2D eigenvalue weighted by atomic mass is 32.2. The van der Waals surface area contributed by atoms with Crippen LogP contribution in [-0.4, -0.2) is 71.8 Å². The van der Waals surface area contributed by atoms with Crippen LogP contribution in [0.3, 0.4) is 0 Å². The number of aryl methyl sites for hydroxylation is 1. The number of hydrogen-bond donors (Lipinski definition) is 0. The van der Waals surface area contributed by atoms with Crippen LogP contribution in [0.1, 0.15) is 11.4 Å². The van der Waals surface area contributed by atoms with Gasteiger partial charge in [-0.25, -0.2) is 13.4 Å². The molecule has 3 heterocycles. The van der Waals surface area contributed by atoms with Gasteiger partial charge in [0.05, 0.1) is 23.6 Å². The molecule has 2 aromatic rings. The summed E-state index contributed by atoms with van der Waals surface area (Å²) < 4.78 is 30.9. The Balaban J connectivity index is 1.45. The summed E-state index contributed by atoms with van der Waals surface area (Å²) in [4.78, 5) is 21.2. The maximum Gasteiger partial charge on any atom is 0.249 e. The molecular weight excluding hydrogens is 380 g/mol. The zero-order chi connectivity index (χ0) is 19.9. The molecule has 4 rings (SSSR count). The Morgan fingerprint density at radius 3 is 2.57 bits per heavy atom. The van der Waals surface area contributed by atoms with E-state index < -0.39 is 9.84 Å². The summed E-state index contributed by atoms with van der Waals surface area (Å²) in [6.07, 6.45) is 4.79. The summed E-state index contributed by atoms with van der Waals surface area (Å²) in [6.45, 7) is 2.72. The first-order chi connectivity index (χ1) is 13.3. The summed E-state index contributed by atoms with van der Waals surface area (Å²) >= 11 is 0. The van der Waals surface area contributed by atoms with Crippen molar-refractivity contribution in [1.29, 1.82) is 0 Å². The molecule has 0 radical (unpaired) electrons. The number of hydrogen-bond acceptors (Lipinski definition) is 6. The smallest absolute Gasteiger partial charge is 0.249 e. The van der Waals surface area contributed by atoms with Crippen LogP contribution < -0.4 is 0 Å². The highest BCUT2D eigenvalue weighted by Crippen LogP contribution is 2.26. The van der Waals surface area contributed by atoms with Gasteiger partial charge in [0, 0.05) is 45.3 Å². The van der Waals surface area contributed by atoms with Crippen LogP contribution >= 0.6 is 0 Å². The molecule has 0 N–H and O–H groups in total. The number of carbonyl (C=O) groups is 1. The maximum atomic E-state index is 12.5. The highest BCUT2D eigenvalue weighted by Gasteiger charge is 2.43. The Morgan fingerprint density at radius 1 is 1.18 bits per heavy atom. The van der Waals surface area contributed by atoms with Gasteiger partial charge < -0.3 is 14.2 Å². The second-order valence-electron chi connectivity index (χ2n) is 7.50. The summed E-state index contributed by atoms with van der Waals surface area (Å²) in [5, 5.41) is 0. The Hall–Kier alpha value is -2.23. The van der Waals surface area contributed by atoms with Crippen molar-refractivity contribution >= 4 is 15.7 Å². The van der Waals surface area contributed by atoms with E-state index in [9.17, 15) is 13.2 Å². The molecule has 9 heteroatoms. The summed E-state index contributed by atoms with van der Waals surface area (Å²) in [5.74, 6) is 0.840. The first-order valence-corrected chi connectivity index (χ1v) is 11.1. The van der Waals surface area contributed by atoms with Crippen LogP contribution in [-0.2, 0) is 39.5 Å². The van der Waals surface area contributed by atoms with E-state index in [1.165, 1.54) is 6.26 Å². The van der Waals surface area contributed by atoms with Crippen LogP contribution in [0.2, 0.25) is 0 Å². The van der Waals surface area contributed by atoms with Gasteiger partial charge in [0.2, 0.25) is 5.91 Å². The number of imidazole rings is 1. The van der Waals surface area contributed by atoms with E-state index in [1.807, 2.05) is 34.8 Å². The van der Waals surface area contributed by atoms with Gasteiger partial charge in [0.25, 0.3) is 0 Å². The minimum atomic E-state index is -3.19. The summed E-state index contributed by atoms with van der Waals surface area (Å²) in [5.41, 5.74) is 1.04. The minimum absolute atomic E-state index is 0.00626. The van der Waals surface area contributed by atoms with Gasteiger partial charge >= 0.3 is 0 Å². The van der Waals surface area contributed by atoms with Gasteiger partial charge in [0.1, 0.15) is 12.4 Å². The van der Waals surface area contributed by atoms with Gasteiger partial charge in [-0.2, -0.15) is 0 Å². The Kier molecular flexibility index (Phi) is 4.98. The van der Waals surface area contributed by atoms with Crippen LogP contribution in [0.15, 0.2) is 41.6 Å². The number of rotatable bonds is 5. The molecule has 28 heavy (non-hydrogen) atoms. The predicted octanol–water partition coefficient (Wildman–Crippen LogP) is 0.435. The Labute approximate surface area is 164 Å². The summed E-state index contributed by atoms with van der Waals surface area (Å²) in [6, 6.07) is 6.96. The topological polar surface area (TPSA) is 84.7 Å². The molecule has 0 unspecified atom stereocenters. The molecule has 2 atom stereocenters. The van der Waals surface area contributed by atoms with Crippen molar-refractivity contribution in [3.8, 4) is 0 Å². The fourth-order valence-corrected chi connectivity index (χ4v) is 4.51. The second kappa shape index (κ2) is 7.31. The van der Waals surface area contributed by atoms with E-state index in [0.717, 1.165) is 17.9 Å². The number of morpholine rings is 1. The quantitative estimate of drug-likeness (QED) is 0.719. The van der Waals surface area contributed by atoms with Crippen molar-refractivity contribution < 1.29 is 17.9 Å². The van der Waals surface area contributed by atoms with Crippen LogP contribution in [0.25, 0.3) is 0 Å². The molecule has 2 aliphatic rings. The third kappa shape index (κ3) is 3.82. The van der Waals surface area contributed by atoms with E-state index in [4.69, 9.17) is 4.74 Å². The zero-order valence-corrected chi connectivity index (χ0v) is 16.8. The molecule has 0 aliphatic carbocycles. The van der Waals surface area contributed by atoms with Gasteiger partial charge in [0.15, 0.2) is 9.84 Å². The largest absolute Gasteiger partial charge is 0.365 e. The number of ether oxygens (including phenoxy) is 1. The van der Waals surface area contributed by atoms with Crippen molar-refractivity contribution in [2.45, 2.75) is 30.1 Å². The van der Waals surface area contributed by atoms with Gasteiger partial charge in [-0.05, 0) is 17.7 Å². The lowest BCUT2D eigenvalue weighted by molar-refractivity contribution is -0.154. The van der Waals surface area contributed by atoms with Crippen molar-refractivity contribution in [3.63, 3.8) is 0 Å². The normalized spacial score (nSPS) is 23.2. The average molecular weight is 404 g/mol. The predicted molar refractivity (Wildman–Crippen MR) is 102 cm³/mol. The lowest BCUT2D eigenvalue weighted by Gasteiger charge is -2.36. The Morgan fingerprint density at radius 2 is 1.93 bits per heavy atom. The highest BCUT2D eigenvalue weighted by molar-refractivity contribution is 7.90. The van der Waals surface area contributed by atoms with Crippen molar-refractivity contribution in [1.82, 2.24) is 19.4 Å². The van der Waals surface area contributed by atoms with Crippen molar-refractivity contribution in [2.75, 3.05) is 26.0 Å². The van der Waals surface area contributed by atoms with Gasteiger partial charge in [-0.1, -0.05) is 12.1 Å². The summed E-state index contributed by atoms with van der Waals surface area (Å²) in [7, 11) is -1.27. The molecule has 2 fully saturated rings. The van der Waals surface area contributed by atoms with E-state index in [1.54, 1.807) is 18.3 Å². The van der Waals surface area contributed by atoms with Gasteiger partial charge in [-0.3, -0.25) is 9.69 Å². The number of sulfone groups is 1. The number of carbonyl (C=O) groups excluding carboxylic acids is 1. The number of benzene rings is 1. The molecule has 2 saturated heterocycles. The number of fused-ring (bicyclic) bond motifs is 1. The molecule has 2 aliphatic heterocycles. The van der Waals surface area contributed by atoms with Gasteiger partial charge in [-0.15, -0.1) is 0 Å². The molecule has 0 bridgehead atoms. The third-order valence-corrected chi connectivity index (χ3v) is 6.57. The Bertz CT molecular complexity index is 970. The third-order valence-electron chi connectivity index (χ3n) is 5.44. The molecule has 150 valence electrons. The first kappa shape index (κ1) is 19.1. The second-order valence-corrected chi connectivity index (χ2v) is 9.52. The molecule has 8 nitrogen and oxygen atoms in total. The number of nitrogens with zero attached hydrogens (tertiary/aromatic N) is 4. The lowest BCUT2D eigenvalue weighted by atomic mass is 10.1. The standard InChI is InChI=1S/C19H24N4O4S/c1-21-8-7-20-18(21)12-23-16-10-22(11-17(16)27-13-19(23)24)9-14-3-5-15(6-4-14)28(2,25)26/h3-8,16-17H,9-13H2,1-2H3/t16-,17+/m1/s1. The van der Waals surface area contributed by atoms with Crippen LogP contribution in [0.5, 0.6) is 0 Å². The molecular formula is C19H24N4O4S. The van der Waals surface area contributed by atoms with Crippen molar-refractivity contribution in [2.24, 2.45) is 7.05 Å². The van der Waals surface area contributed by atoms with Crippen LogP contribution in [0, 0.1) is 0 Å². The maximum absolute atomic E-state index is 12.5. The average Bonchev–Trinajstić information content (AvgIpc) is 3.23. The number of likely N-dealkylation sites (tertiary alicyclic amines) is 1. The molecule has 1 amide bonds. The zero-order valence-electron chi connectivity index (χ0n) is 16.0. The SMILES string of the molecule is Cn1ccnc1CN1C(=O)CO[C@H]2CN(Cc3ccc(S(C)(=O)=O)cc3)C[C@H]21. The minimum Gasteiger partial charge on any atom is -0.365 e. The first-order valence-electron chi connectivity index (χ1n) is 9.20. The molecule has 1 aromatic carbocycles. The van der Waals surface area contributed by atoms with E-state index in [0.29, 0.717) is 24.5 Å². The molecule has 0 spiro atoms. The number of amides is 1. The monoisotopic (exact) mass is 404 g/mol. The van der Waals surface area contributed by atoms with E-state index >= 15 is 0 Å². The fourth-order valence-electron chi connectivity index (χ4n) is 3.88. The van der Waals surface area contributed by atoms with Crippen molar-refractivity contribution in [3.05, 3.63) is 48.0 Å². The lowest BCUT2D eigenvalue weighted by Crippen LogP contribution is -2.53. The molecule has 0 saturated carbocycles.